The first-order valence-corrected chi connectivity index (χ1v) is 5.72. The van der Waals surface area contributed by atoms with Crippen LogP contribution < -0.4 is 10.1 Å². The van der Waals surface area contributed by atoms with E-state index < -0.39 is 0 Å². The molecule has 0 aromatic heterocycles. The average Bonchev–Trinajstić information content (AvgIpc) is 2.39. The maximum atomic E-state index is 5.31. The molecular weight excluding hydrogens is 210 g/mol. The van der Waals surface area contributed by atoms with Crippen LogP contribution in [0.15, 0.2) is 48.5 Å². The normalized spacial score (nSPS) is 10.0. The van der Waals surface area contributed by atoms with E-state index in [9.17, 15) is 0 Å². The van der Waals surface area contributed by atoms with Gasteiger partial charge in [0.05, 0.1) is 7.11 Å². The predicted molar refractivity (Wildman–Crippen MR) is 71.5 cm³/mol. The summed E-state index contributed by atoms with van der Waals surface area (Å²) >= 11 is 0. The van der Waals surface area contributed by atoms with E-state index in [1.54, 1.807) is 7.11 Å². The van der Waals surface area contributed by atoms with Crippen LogP contribution in [0, 0.1) is 6.92 Å². The summed E-state index contributed by atoms with van der Waals surface area (Å²) in [6, 6.07) is 16.5. The minimum absolute atomic E-state index is 0.806. The fourth-order valence-electron chi connectivity index (χ4n) is 1.73. The van der Waals surface area contributed by atoms with Gasteiger partial charge in [-0.15, -0.1) is 0 Å². The molecule has 0 fully saturated rings. The summed E-state index contributed by atoms with van der Waals surface area (Å²) in [7, 11) is 1.71. The van der Waals surface area contributed by atoms with Gasteiger partial charge in [-0.25, -0.2) is 0 Å². The second-order valence-electron chi connectivity index (χ2n) is 4.02. The van der Waals surface area contributed by atoms with Crippen LogP contribution in [0.2, 0.25) is 0 Å². The highest BCUT2D eigenvalue weighted by molar-refractivity contribution is 5.44. The Balaban J connectivity index is 2.04. The zero-order chi connectivity index (χ0) is 12.1. The van der Waals surface area contributed by atoms with E-state index in [0.29, 0.717) is 0 Å². The summed E-state index contributed by atoms with van der Waals surface area (Å²) in [4.78, 5) is 0. The van der Waals surface area contributed by atoms with E-state index in [4.69, 9.17) is 4.74 Å². The fraction of sp³-hybridized carbons (Fsp3) is 0.200. The molecule has 0 aliphatic heterocycles. The van der Waals surface area contributed by atoms with E-state index in [1.807, 2.05) is 25.1 Å². The minimum atomic E-state index is 0.806. The lowest BCUT2D eigenvalue weighted by Crippen LogP contribution is -1.99. The van der Waals surface area contributed by atoms with Gasteiger partial charge >= 0.3 is 0 Å². The molecule has 0 heterocycles. The van der Waals surface area contributed by atoms with Gasteiger partial charge in [0.25, 0.3) is 0 Å². The van der Waals surface area contributed by atoms with Crippen molar-refractivity contribution in [3.63, 3.8) is 0 Å². The summed E-state index contributed by atoms with van der Waals surface area (Å²) in [6.07, 6.45) is 0. The molecule has 2 rings (SSSR count). The molecule has 0 spiro atoms. The molecule has 1 N–H and O–H groups in total. The molecule has 0 atom stereocenters. The Morgan fingerprint density at radius 2 is 1.82 bits per heavy atom. The van der Waals surface area contributed by atoms with Crippen LogP contribution in [0.5, 0.6) is 5.75 Å². The first kappa shape index (κ1) is 11.5. The number of aryl methyl sites for hydroxylation is 1. The summed E-state index contributed by atoms with van der Waals surface area (Å²) < 4.78 is 5.31. The number of methoxy groups -OCH3 is 1. The zero-order valence-corrected chi connectivity index (χ0v) is 10.2. The van der Waals surface area contributed by atoms with Crippen molar-refractivity contribution in [2.75, 3.05) is 12.4 Å². The Bertz CT molecular complexity index is 480. The van der Waals surface area contributed by atoms with Gasteiger partial charge in [0, 0.05) is 12.2 Å². The highest BCUT2D eigenvalue weighted by Gasteiger charge is 2.00. The summed E-state index contributed by atoms with van der Waals surface area (Å²) in [5, 5.41) is 3.38. The van der Waals surface area contributed by atoms with E-state index >= 15 is 0 Å². The molecule has 88 valence electrons. The number of hydrogen-bond donors (Lipinski definition) is 1. The van der Waals surface area contributed by atoms with E-state index in [1.165, 1.54) is 5.56 Å². The Hall–Kier alpha value is -1.96. The standard InChI is InChI=1S/C15H17NO/c1-12-8-9-13(10-15(12)17-2)11-16-14-6-4-3-5-7-14/h3-10,16H,11H2,1-2H3. The third-order valence-corrected chi connectivity index (χ3v) is 2.74. The molecule has 0 saturated carbocycles. The van der Waals surface area contributed by atoms with Crippen LogP contribution in [0.3, 0.4) is 0 Å². The van der Waals surface area contributed by atoms with Crippen LogP contribution in [-0.2, 0) is 6.54 Å². The number of para-hydroxylation sites is 1. The van der Waals surface area contributed by atoms with Gasteiger partial charge in [0.2, 0.25) is 0 Å². The Morgan fingerprint density at radius 1 is 1.06 bits per heavy atom. The lowest BCUT2D eigenvalue weighted by Gasteiger charge is -2.09. The number of rotatable bonds is 4. The van der Waals surface area contributed by atoms with Crippen molar-refractivity contribution in [1.29, 1.82) is 0 Å². The number of hydrogen-bond acceptors (Lipinski definition) is 2. The number of nitrogens with one attached hydrogen (secondary N) is 1. The molecule has 0 saturated heterocycles. The van der Waals surface area contributed by atoms with Gasteiger partial charge in [0.1, 0.15) is 5.75 Å². The third-order valence-electron chi connectivity index (χ3n) is 2.74. The van der Waals surface area contributed by atoms with Crippen LogP contribution in [-0.4, -0.2) is 7.11 Å². The van der Waals surface area contributed by atoms with Crippen LogP contribution >= 0.6 is 0 Å². The maximum Gasteiger partial charge on any atom is 0.122 e. The van der Waals surface area contributed by atoms with Gasteiger partial charge < -0.3 is 10.1 Å². The first-order valence-electron chi connectivity index (χ1n) is 5.72. The van der Waals surface area contributed by atoms with Crippen LogP contribution in [0.25, 0.3) is 0 Å². The van der Waals surface area contributed by atoms with Crippen molar-refractivity contribution < 1.29 is 4.74 Å². The van der Waals surface area contributed by atoms with Gasteiger partial charge in [-0.1, -0.05) is 30.3 Å². The van der Waals surface area contributed by atoms with E-state index in [2.05, 4.69) is 35.6 Å². The predicted octanol–water partition coefficient (Wildman–Crippen LogP) is 3.62. The average molecular weight is 227 g/mol. The molecule has 0 unspecified atom stereocenters. The van der Waals surface area contributed by atoms with Crippen molar-refractivity contribution in [2.24, 2.45) is 0 Å². The van der Waals surface area contributed by atoms with Crippen molar-refractivity contribution >= 4 is 5.69 Å². The topological polar surface area (TPSA) is 21.3 Å². The van der Waals surface area contributed by atoms with Crippen molar-refractivity contribution in [2.45, 2.75) is 13.5 Å². The summed E-state index contributed by atoms with van der Waals surface area (Å²) in [5.41, 5.74) is 3.51. The SMILES string of the molecule is COc1cc(CNc2ccccc2)ccc1C. The molecule has 0 aliphatic carbocycles. The molecule has 0 aliphatic rings. The molecular formula is C15H17NO. The van der Waals surface area contributed by atoms with Gasteiger partial charge in [-0.3, -0.25) is 0 Å². The number of anilines is 1. The highest BCUT2D eigenvalue weighted by atomic mass is 16.5. The van der Waals surface area contributed by atoms with Crippen molar-refractivity contribution in [3.8, 4) is 5.75 Å². The molecule has 2 aromatic carbocycles. The van der Waals surface area contributed by atoms with Gasteiger partial charge in [-0.2, -0.15) is 0 Å². The number of ether oxygens (including phenoxy) is 1. The third kappa shape index (κ3) is 3.00. The number of benzene rings is 2. The lowest BCUT2D eigenvalue weighted by molar-refractivity contribution is 0.411. The van der Waals surface area contributed by atoms with E-state index in [0.717, 1.165) is 23.5 Å². The van der Waals surface area contributed by atoms with Crippen LogP contribution in [0.4, 0.5) is 5.69 Å². The second kappa shape index (κ2) is 5.39. The molecule has 2 heteroatoms. The zero-order valence-electron chi connectivity index (χ0n) is 10.2. The van der Waals surface area contributed by atoms with Gasteiger partial charge in [-0.05, 0) is 36.2 Å². The van der Waals surface area contributed by atoms with Gasteiger partial charge in [0.15, 0.2) is 0 Å². The molecule has 0 radical (unpaired) electrons. The lowest BCUT2D eigenvalue weighted by atomic mass is 10.1. The minimum Gasteiger partial charge on any atom is -0.496 e. The Labute approximate surface area is 102 Å². The van der Waals surface area contributed by atoms with E-state index in [-0.39, 0.29) is 0 Å². The molecule has 0 bridgehead atoms. The van der Waals surface area contributed by atoms with Crippen LogP contribution in [0.1, 0.15) is 11.1 Å². The molecule has 2 nitrogen and oxygen atoms in total. The molecule has 17 heavy (non-hydrogen) atoms. The van der Waals surface area contributed by atoms with Crippen molar-refractivity contribution in [3.05, 3.63) is 59.7 Å². The quantitative estimate of drug-likeness (QED) is 0.861. The molecule has 0 amide bonds. The Morgan fingerprint density at radius 3 is 2.53 bits per heavy atom. The molecule has 2 aromatic rings. The fourth-order valence-corrected chi connectivity index (χ4v) is 1.73. The largest absolute Gasteiger partial charge is 0.496 e. The first-order chi connectivity index (χ1) is 8.29. The monoisotopic (exact) mass is 227 g/mol. The summed E-state index contributed by atoms with van der Waals surface area (Å²) in [6.45, 7) is 2.86. The maximum absolute atomic E-state index is 5.31. The highest BCUT2D eigenvalue weighted by Crippen LogP contribution is 2.19. The second-order valence-corrected chi connectivity index (χ2v) is 4.02. The van der Waals surface area contributed by atoms with Crippen molar-refractivity contribution in [1.82, 2.24) is 0 Å². The smallest absolute Gasteiger partial charge is 0.122 e. The summed E-state index contributed by atoms with van der Waals surface area (Å²) in [5.74, 6) is 0.942. The Kier molecular flexibility index (Phi) is 3.66.